The van der Waals surface area contributed by atoms with Gasteiger partial charge in [0.2, 0.25) is 0 Å². The van der Waals surface area contributed by atoms with Gasteiger partial charge in [-0.25, -0.2) is 9.59 Å². The number of halogens is 1. The van der Waals surface area contributed by atoms with Gasteiger partial charge in [-0.2, -0.15) is 0 Å². The van der Waals surface area contributed by atoms with E-state index >= 15 is 0 Å². The SMILES string of the molecule is Nc1ccc(Cl)cc1.O=C(O)[C@H](O)[C@@H](O)C(=O)O. The van der Waals surface area contributed by atoms with Crippen LogP contribution in [0, 0.1) is 0 Å². The maximum Gasteiger partial charge on any atom is 0.335 e. The van der Waals surface area contributed by atoms with Crippen molar-refractivity contribution < 1.29 is 30.0 Å². The Morgan fingerprint density at radius 1 is 1.00 bits per heavy atom. The Labute approximate surface area is 107 Å². The molecule has 0 amide bonds. The zero-order valence-corrected chi connectivity index (χ0v) is 9.78. The number of rotatable bonds is 3. The van der Waals surface area contributed by atoms with Gasteiger partial charge >= 0.3 is 11.9 Å². The highest BCUT2D eigenvalue weighted by atomic mass is 35.5. The van der Waals surface area contributed by atoms with Crippen molar-refractivity contribution in [1.29, 1.82) is 0 Å². The second-order valence-electron chi connectivity index (χ2n) is 3.12. The number of anilines is 1. The van der Waals surface area contributed by atoms with Gasteiger partial charge in [0.05, 0.1) is 0 Å². The maximum atomic E-state index is 9.77. The number of nitrogens with two attached hydrogens (primary N) is 1. The van der Waals surface area contributed by atoms with Gasteiger partial charge < -0.3 is 26.2 Å². The van der Waals surface area contributed by atoms with Crippen LogP contribution in [0.5, 0.6) is 0 Å². The third kappa shape index (κ3) is 6.04. The van der Waals surface area contributed by atoms with Crippen molar-refractivity contribution >= 4 is 29.2 Å². The van der Waals surface area contributed by atoms with E-state index in [-0.39, 0.29) is 0 Å². The number of aliphatic hydroxyl groups excluding tert-OH is 2. The molecule has 0 fully saturated rings. The van der Waals surface area contributed by atoms with Crippen molar-refractivity contribution in [1.82, 2.24) is 0 Å². The van der Waals surface area contributed by atoms with Crippen LogP contribution in [0.3, 0.4) is 0 Å². The molecule has 0 heterocycles. The van der Waals surface area contributed by atoms with Crippen molar-refractivity contribution in [2.24, 2.45) is 0 Å². The molecule has 18 heavy (non-hydrogen) atoms. The quantitative estimate of drug-likeness (QED) is 0.482. The minimum Gasteiger partial charge on any atom is -0.479 e. The Morgan fingerprint density at radius 2 is 1.33 bits per heavy atom. The zero-order valence-electron chi connectivity index (χ0n) is 9.02. The molecule has 1 aromatic rings. The highest BCUT2D eigenvalue weighted by Crippen LogP contribution is 2.09. The molecule has 0 saturated carbocycles. The van der Waals surface area contributed by atoms with Gasteiger partial charge in [0.15, 0.2) is 12.2 Å². The topological polar surface area (TPSA) is 141 Å². The lowest BCUT2D eigenvalue weighted by atomic mass is 10.2. The number of nitrogen functional groups attached to an aromatic ring is 1. The molecule has 0 radical (unpaired) electrons. The third-order valence-electron chi connectivity index (χ3n) is 1.68. The summed E-state index contributed by atoms with van der Waals surface area (Å²) in [7, 11) is 0. The van der Waals surface area contributed by atoms with Crippen molar-refractivity contribution in [3.63, 3.8) is 0 Å². The van der Waals surface area contributed by atoms with Crippen LogP contribution in [0.1, 0.15) is 0 Å². The van der Waals surface area contributed by atoms with Crippen LogP contribution in [-0.4, -0.2) is 44.6 Å². The Hall–Kier alpha value is -1.83. The maximum absolute atomic E-state index is 9.77. The number of carbonyl (C=O) groups is 2. The highest BCUT2D eigenvalue weighted by Gasteiger charge is 2.29. The summed E-state index contributed by atoms with van der Waals surface area (Å²) in [5.41, 5.74) is 6.11. The fourth-order valence-electron chi connectivity index (χ4n) is 0.733. The summed E-state index contributed by atoms with van der Waals surface area (Å²) in [6, 6.07) is 7.05. The molecule has 2 atom stereocenters. The van der Waals surface area contributed by atoms with E-state index in [1.54, 1.807) is 24.3 Å². The van der Waals surface area contributed by atoms with Crippen LogP contribution in [0.4, 0.5) is 5.69 Å². The average molecular weight is 278 g/mol. The van der Waals surface area contributed by atoms with Gasteiger partial charge in [-0.05, 0) is 24.3 Å². The van der Waals surface area contributed by atoms with Gasteiger partial charge in [-0.1, -0.05) is 11.6 Å². The molecule has 1 rings (SSSR count). The second kappa shape index (κ2) is 7.49. The summed E-state index contributed by atoms with van der Waals surface area (Å²) < 4.78 is 0. The molecule has 0 spiro atoms. The van der Waals surface area contributed by atoms with Crippen molar-refractivity contribution in [3.05, 3.63) is 29.3 Å². The van der Waals surface area contributed by atoms with E-state index in [4.69, 9.17) is 37.8 Å². The van der Waals surface area contributed by atoms with Crippen LogP contribution >= 0.6 is 11.6 Å². The lowest BCUT2D eigenvalue weighted by molar-refractivity contribution is -0.165. The summed E-state index contributed by atoms with van der Waals surface area (Å²) in [5.74, 6) is -3.54. The van der Waals surface area contributed by atoms with Crippen LogP contribution in [-0.2, 0) is 9.59 Å². The van der Waals surface area contributed by atoms with Crippen LogP contribution in [0.25, 0.3) is 0 Å². The molecular formula is C10H12ClNO6. The Morgan fingerprint density at radius 3 is 1.56 bits per heavy atom. The largest absolute Gasteiger partial charge is 0.479 e. The lowest BCUT2D eigenvalue weighted by Gasteiger charge is -2.07. The van der Waals surface area contributed by atoms with Gasteiger partial charge in [-0.3, -0.25) is 0 Å². The van der Waals surface area contributed by atoms with Gasteiger partial charge in [0.1, 0.15) is 0 Å². The number of carboxylic acid groups (broad SMARTS) is 2. The molecule has 0 aliphatic heterocycles. The molecule has 7 nitrogen and oxygen atoms in total. The summed E-state index contributed by atoms with van der Waals surface area (Å²) in [5, 5.41) is 33.2. The summed E-state index contributed by atoms with van der Waals surface area (Å²) in [6.45, 7) is 0. The lowest BCUT2D eigenvalue weighted by Crippen LogP contribution is -2.39. The first-order valence-corrected chi connectivity index (χ1v) is 4.96. The van der Waals surface area contributed by atoms with Gasteiger partial charge in [-0.15, -0.1) is 0 Å². The highest BCUT2D eigenvalue weighted by molar-refractivity contribution is 6.30. The second-order valence-corrected chi connectivity index (χ2v) is 3.55. The summed E-state index contributed by atoms with van der Waals surface area (Å²) >= 11 is 5.56. The van der Waals surface area contributed by atoms with Crippen LogP contribution in [0.2, 0.25) is 5.02 Å². The zero-order chi connectivity index (χ0) is 14.3. The van der Waals surface area contributed by atoms with E-state index in [9.17, 15) is 9.59 Å². The molecule has 100 valence electrons. The number of hydrogen-bond acceptors (Lipinski definition) is 5. The van der Waals surface area contributed by atoms with Crippen molar-refractivity contribution in [2.45, 2.75) is 12.2 Å². The molecule has 0 aliphatic rings. The molecule has 0 aliphatic carbocycles. The fourth-order valence-corrected chi connectivity index (χ4v) is 0.859. The first kappa shape index (κ1) is 16.2. The van der Waals surface area contributed by atoms with E-state index in [2.05, 4.69) is 0 Å². The first-order valence-electron chi connectivity index (χ1n) is 4.58. The molecule has 0 aromatic heterocycles. The summed E-state index contributed by atoms with van der Waals surface area (Å²) in [6.07, 6.45) is -4.53. The average Bonchev–Trinajstić information content (AvgIpc) is 2.31. The van der Waals surface area contributed by atoms with E-state index in [0.717, 1.165) is 10.7 Å². The van der Waals surface area contributed by atoms with Gasteiger partial charge in [0.25, 0.3) is 0 Å². The molecule has 0 unspecified atom stereocenters. The minimum absolute atomic E-state index is 0.721. The van der Waals surface area contributed by atoms with E-state index in [1.165, 1.54) is 0 Å². The van der Waals surface area contributed by atoms with Gasteiger partial charge in [0, 0.05) is 10.7 Å². The molecular weight excluding hydrogens is 266 g/mol. The number of benzene rings is 1. The normalized spacial score (nSPS) is 12.8. The monoisotopic (exact) mass is 277 g/mol. The van der Waals surface area contributed by atoms with Crippen LogP contribution in [0.15, 0.2) is 24.3 Å². The Bertz CT molecular complexity index is 368. The molecule has 8 heteroatoms. The Balaban J connectivity index is 0.000000327. The van der Waals surface area contributed by atoms with Crippen molar-refractivity contribution in [2.75, 3.05) is 5.73 Å². The van der Waals surface area contributed by atoms with E-state index < -0.39 is 24.1 Å². The predicted octanol–water partition coefficient (Wildman–Crippen LogP) is -0.200. The van der Waals surface area contributed by atoms with E-state index in [0.29, 0.717) is 0 Å². The first-order chi connectivity index (χ1) is 8.25. The van der Waals surface area contributed by atoms with Crippen LogP contribution < -0.4 is 5.73 Å². The smallest absolute Gasteiger partial charge is 0.335 e. The molecule has 0 bridgehead atoms. The molecule has 6 N–H and O–H groups in total. The Kier molecular flexibility index (Phi) is 6.73. The molecule has 1 aromatic carbocycles. The predicted molar refractivity (Wildman–Crippen MR) is 63.1 cm³/mol. The fraction of sp³-hybridized carbons (Fsp3) is 0.200. The van der Waals surface area contributed by atoms with Crippen molar-refractivity contribution in [3.8, 4) is 0 Å². The number of carboxylic acids is 2. The standard InChI is InChI=1S/C6H6ClN.C4H6O6/c7-5-1-3-6(8)4-2-5;5-1(3(7)8)2(6)4(9)10/h1-4H,8H2;1-2,5-6H,(H,7,8)(H,9,10)/t;1-,2-/m.1/s1. The number of aliphatic hydroxyl groups is 2. The molecule has 0 saturated heterocycles. The summed E-state index contributed by atoms with van der Waals surface area (Å²) in [4.78, 5) is 19.5. The number of hydrogen-bond donors (Lipinski definition) is 5. The minimum atomic E-state index is -2.27. The van der Waals surface area contributed by atoms with E-state index in [1.807, 2.05) is 0 Å². The number of aliphatic carboxylic acids is 2. The third-order valence-corrected chi connectivity index (χ3v) is 1.93.